The van der Waals surface area contributed by atoms with Gasteiger partial charge in [0.2, 0.25) is 5.28 Å². The molecule has 1 N–H and O–H groups in total. The van der Waals surface area contributed by atoms with Crippen LogP contribution in [0.2, 0.25) is 0 Å². The van der Waals surface area contributed by atoms with Gasteiger partial charge in [-0.05, 0) is 20.8 Å². The molecule has 0 spiro atoms. The van der Waals surface area contributed by atoms with Gasteiger partial charge in [-0.1, -0.05) is 0 Å². The second-order valence-corrected chi connectivity index (χ2v) is 4.70. The number of aliphatic carboxylic acids is 1. The summed E-state index contributed by atoms with van der Waals surface area (Å²) in [5.74, 6) is -1.20. The standard InChI is InChI=1S/C10H19N3O7/c1-7(19-9(16)18-5)20-11-13(17)12(6-8(14)15)10(2,3)4/h7H,6H2,1-5H3,(H,14,15)/b13-11-. The number of carbonyl (C=O) groups excluding carboxylic acids is 1. The van der Waals surface area contributed by atoms with Crippen LogP contribution in [0.5, 0.6) is 0 Å². The summed E-state index contributed by atoms with van der Waals surface area (Å²) >= 11 is 0. The fourth-order valence-corrected chi connectivity index (χ4v) is 1.04. The molecule has 0 amide bonds. The van der Waals surface area contributed by atoms with Crippen molar-refractivity contribution >= 4 is 12.1 Å². The molecule has 0 rings (SSSR count). The number of methoxy groups -OCH3 is 1. The summed E-state index contributed by atoms with van der Waals surface area (Å²) in [7, 11) is 1.11. The molecular formula is C10H19N3O7. The van der Waals surface area contributed by atoms with Gasteiger partial charge in [-0.3, -0.25) is 9.63 Å². The van der Waals surface area contributed by atoms with Crippen molar-refractivity contribution in [2.45, 2.75) is 39.5 Å². The molecule has 10 nitrogen and oxygen atoms in total. The normalized spacial score (nSPS) is 13.3. The van der Waals surface area contributed by atoms with E-state index in [1.807, 2.05) is 0 Å². The first-order chi connectivity index (χ1) is 9.07. The van der Waals surface area contributed by atoms with Crippen LogP contribution in [0.1, 0.15) is 27.7 Å². The van der Waals surface area contributed by atoms with Crippen LogP contribution in [0.25, 0.3) is 0 Å². The highest BCUT2D eigenvalue weighted by molar-refractivity contribution is 5.68. The van der Waals surface area contributed by atoms with E-state index >= 15 is 0 Å². The van der Waals surface area contributed by atoms with Crippen LogP contribution >= 0.6 is 0 Å². The molecule has 0 radical (unpaired) electrons. The number of carboxylic acid groups (broad SMARTS) is 1. The largest absolute Gasteiger partial charge is 0.569 e. The van der Waals surface area contributed by atoms with Crippen LogP contribution < -0.4 is 0 Å². The minimum atomic E-state index is -1.20. The van der Waals surface area contributed by atoms with Gasteiger partial charge >= 0.3 is 12.1 Å². The molecule has 0 heterocycles. The number of rotatable bonds is 6. The molecule has 1 atom stereocenters. The Morgan fingerprint density at radius 2 is 2.00 bits per heavy atom. The number of carboxylic acids is 1. The van der Waals surface area contributed by atoms with Crippen LogP contribution in [-0.2, 0) is 19.1 Å². The molecule has 0 aromatic carbocycles. The molecule has 10 heteroatoms. The van der Waals surface area contributed by atoms with Crippen molar-refractivity contribution in [1.29, 1.82) is 0 Å². The highest BCUT2D eigenvalue weighted by Crippen LogP contribution is 2.13. The van der Waals surface area contributed by atoms with Crippen molar-refractivity contribution in [3.05, 3.63) is 5.21 Å². The fourth-order valence-electron chi connectivity index (χ4n) is 1.04. The Kier molecular flexibility index (Phi) is 6.53. The Balaban J connectivity index is 4.72. The van der Waals surface area contributed by atoms with E-state index in [9.17, 15) is 14.8 Å². The third-order valence-electron chi connectivity index (χ3n) is 1.96. The zero-order valence-electron chi connectivity index (χ0n) is 12.0. The highest BCUT2D eigenvalue weighted by Gasteiger charge is 2.31. The first-order valence-corrected chi connectivity index (χ1v) is 5.66. The number of carbonyl (C=O) groups is 2. The van der Waals surface area contributed by atoms with Gasteiger partial charge in [0, 0.05) is 6.92 Å². The molecule has 0 bridgehead atoms. The molecule has 0 saturated carbocycles. The van der Waals surface area contributed by atoms with Crippen LogP contribution in [-0.4, -0.2) is 52.7 Å². The van der Waals surface area contributed by atoms with E-state index in [1.165, 1.54) is 6.92 Å². The molecule has 116 valence electrons. The van der Waals surface area contributed by atoms with Crippen molar-refractivity contribution in [3.8, 4) is 0 Å². The maximum Gasteiger partial charge on any atom is 0.511 e. The van der Waals surface area contributed by atoms with Gasteiger partial charge in [0.15, 0.2) is 6.54 Å². The third kappa shape index (κ3) is 6.61. The van der Waals surface area contributed by atoms with Gasteiger partial charge in [-0.2, -0.15) is 0 Å². The monoisotopic (exact) mass is 293 g/mol. The van der Waals surface area contributed by atoms with Gasteiger partial charge in [-0.15, -0.1) is 5.01 Å². The van der Waals surface area contributed by atoms with E-state index in [0.29, 0.717) is 0 Å². The number of hydrogen-bond acceptors (Lipinski definition) is 7. The minimum absolute atomic E-state index is 0.00867. The summed E-state index contributed by atoms with van der Waals surface area (Å²) in [6.07, 6.45) is -2.16. The fraction of sp³-hybridized carbons (Fsp3) is 0.800. The molecular weight excluding hydrogens is 274 g/mol. The van der Waals surface area contributed by atoms with E-state index in [-0.39, 0.29) is 4.97 Å². The molecule has 0 aromatic rings. The van der Waals surface area contributed by atoms with Gasteiger partial charge in [-0.25, -0.2) is 4.79 Å². The SMILES string of the molecule is COC(=O)OC(C)O/N=[N+](\[O-])N(CC(=O)O)C(C)(C)C. The number of hydrazine groups is 1. The Labute approximate surface area is 116 Å². The van der Waals surface area contributed by atoms with Crippen LogP contribution in [0.4, 0.5) is 4.79 Å². The second kappa shape index (κ2) is 7.36. The quantitative estimate of drug-likeness (QED) is 0.254. The summed E-state index contributed by atoms with van der Waals surface area (Å²) in [5.41, 5.74) is -0.792. The average molecular weight is 293 g/mol. The predicted molar refractivity (Wildman–Crippen MR) is 64.2 cm³/mol. The maximum absolute atomic E-state index is 11.7. The summed E-state index contributed by atoms with van der Waals surface area (Å²) in [4.78, 5) is 26.1. The number of nitrogens with zero attached hydrogens (tertiary/aromatic N) is 3. The molecule has 0 fully saturated rings. The summed E-state index contributed by atoms with van der Waals surface area (Å²) in [6, 6.07) is 0. The average Bonchev–Trinajstić information content (AvgIpc) is 2.31. The van der Waals surface area contributed by atoms with Crippen molar-refractivity contribution in [3.63, 3.8) is 0 Å². The molecule has 0 aliphatic heterocycles. The Morgan fingerprint density at radius 3 is 2.40 bits per heavy atom. The third-order valence-corrected chi connectivity index (χ3v) is 1.96. The lowest BCUT2D eigenvalue weighted by Gasteiger charge is -2.28. The number of hydrogen-bond donors (Lipinski definition) is 1. The molecule has 0 saturated heterocycles. The molecule has 20 heavy (non-hydrogen) atoms. The van der Waals surface area contributed by atoms with Crippen molar-refractivity contribution in [2.24, 2.45) is 5.28 Å². The zero-order valence-corrected chi connectivity index (χ0v) is 12.0. The number of ether oxygens (including phenoxy) is 2. The maximum atomic E-state index is 11.7. The van der Waals surface area contributed by atoms with Gasteiger partial charge < -0.3 is 19.8 Å². The van der Waals surface area contributed by atoms with E-state index in [2.05, 4.69) is 19.6 Å². The second-order valence-electron chi connectivity index (χ2n) is 4.70. The zero-order chi connectivity index (χ0) is 15.9. The van der Waals surface area contributed by atoms with E-state index in [1.54, 1.807) is 20.8 Å². The Hall–Kier alpha value is -2.26. The van der Waals surface area contributed by atoms with Crippen LogP contribution in [0.3, 0.4) is 0 Å². The Bertz CT molecular complexity index is 378. The van der Waals surface area contributed by atoms with E-state index in [0.717, 1.165) is 12.1 Å². The van der Waals surface area contributed by atoms with Gasteiger partial charge in [0.05, 0.1) is 17.6 Å². The van der Waals surface area contributed by atoms with Crippen molar-refractivity contribution in [2.75, 3.05) is 13.7 Å². The van der Waals surface area contributed by atoms with Crippen LogP contribution in [0.15, 0.2) is 5.28 Å². The Morgan fingerprint density at radius 1 is 1.45 bits per heavy atom. The van der Waals surface area contributed by atoms with Crippen molar-refractivity contribution in [1.82, 2.24) is 5.01 Å². The molecule has 0 aromatic heterocycles. The summed E-state index contributed by atoms with van der Waals surface area (Å²) in [5, 5.41) is 24.5. The van der Waals surface area contributed by atoms with Crippen LogP contribution in [0, 0.1) is 5.21 Å². The lowest BCUT2D eigenvalue weighted by molar-refractivity contribution is -0.725. The first kappa shape index (κ1) is 17.7. The lowest BCUT2D eigenvalue weighted by atomic mass is 10.1. The molecule has 1 unspecified atom stereocenters. The summed E-state index contributed by atoms with van der Waals surface area (Å²) < 4.78 is 8.74. The lowest BCUT2D eigenvalue weighted by Crippen LogP contribution is -2.48. The summed E-state index contributed by atoms with van der Waals surface area (Å²) in [6.45, 7) is 5.64. The first-order valence-electron chi connectivity index (χ1n) is 5.66. The van der Waals surface area contributed by atoms with E-state index < -0.39 is 30.5 Å². The minimum Gasteiger partial charge on any atom is -0.569 e. The predicted octanol–water partition coefficient (Wildman–Crippen LogP) is 1.11. The van der Waals surface area contributed by atoms with E-state index in [4.69, 9.17) is 5.11 Å². The molecule has 0 aliphatic carbocycles. The molecule has 0 aliphatic rings. The van der Waals surface area contributed by atoms with Crippen molar-refractivity contribution < 1.29 is 34.0 Å². The smallest absolute Gasteiger partial charge is 0.511 e. The highest BCUT2D eigenvalue weighted by atomic mass is 16.8. The van der Waals surface area contributed by atoms with Gasteiger partial charge in [0.25, 0.3) is 6.29 Å². The topological polar surface area (TPSA) is 124 Å². The van der Waals surface area contributed by atoms with Gasteiger partial charge in [0.1, 0.15) is 0 Å².